The molecule has 1 aliphatic heterocycles. The SMILES string of the molecule is C#C.CCc1ccc(-c2nc(C(=O)Nc3cnn(C)c3)cs2)c(F)c1F.N[C@@H]1CCCOCC1. The molecule has 3 aromatic rings. The molecule has 1 fully saturated rings. The van der Waals surface area contributed by atoms with Crippen LogP contribution in [0.15, 0.2) is 29.9 Å². The highest BCUT2D eigenvalue weighted by molar-refractivity contribution is 7.13. The van der Waals surface area contributed by atoms with Crippen LogP contribution in [-0.2, 0) is 18.2 Å². The number of benzene rings is 1. The maximum atomic E-state index is 14.2. The molecule has 0 unspecified atom stereocenters. The van der Waals surface area contributed by atoms with Crippen LogP contribution >= 0.6 is 11.3 Å². The Hall–Kier alpha value is -3.13. The van der Waals surface area contributed by atoms with Crippen LogP contribution in [-0.4, -0.2) is 39.9 Å². The third-order valence-corrected chi connectivity index (χ3v) is 5.85. The molecular weight excluding hydrogens is 460 g/mol. The smallest absolute Gasteiger partial charge is 0.275 e. The van der Waals surface area contributed by atoms with Crippen molar-refractivity contribution >= 4 is 22.9 Å². The number of aryl methyl sites for hydroxylation is 2. The van der Waals surface area contributed by atoms with E-state index in [9.17, 15) is 13.6 Å². The number of carbonyl (C=O) groups excluding carboxylic acids is 1. The Balaban J connectivity index is 0.000000343. The molecular formula is C24H29F2N5O2S. The Bertz CT molecular complexity index is 1090. The number of terminal acetylenes is 1. The molecule has 34 heavy (non-hydrogen) atoms. The molecule has 0 bridgehead atoms. The van der Waals surface area contributed by atoms with Crippen molar-refractivity contribution in [1.82, 2.24) is 14.8 Å². The van der Waals surface area contributed by atoms with Gasteiger partial charge in [0.2, 0.25) is 0 Å². The third kappa shape index (κ3) is 7.45. The highest BCUT2D eigenvalue weighted by Crippen LogP contribution is 2.29. The Morgan fingerprint density at radius 1 is 1.29 bits per heavy atom. The molecule has 3 heterocycles. The summed E-state index contributed by atoms with van der Waals surface area (Å²) in [5.41, 5.74) is 6.68. The maximum absolute atomic E-state index is 14.2. The molecule has 10 heteroatoms. The minimum Gasteiger partial charge on any atom is -0.381 e. The summed E-state index contributed by atoms with van der Waals surface area (Å²) in [6.45, 7) is 3.52. The lowest BCUT2D eigenvalue weighted by Gasteiger charge is -2.04. The van der Waals surface area contributed by atoms with Gasteiger partial charge in [-0.3, -0.25) is 9.48 Å². The predicted molar refractivity (Wildman–Crippen MR) is 131 cm³/mol. The second-order valence-corrected chi connectivity index (χ2v) is 8.31. The Labute approximate surface area is 202 Å². The number of nitrogens with two attached hydrogens (primary N) is 1. The molecule has 0 aliphatic carbocycles. The molecule has 3 N–H and O–H groups in total. The largest absolute Gasteiger partial charge is 0.381 e. The van der Waals surface area contributed by atoms with Crippen LogP contribution < -0.4 is 11.1 Å². The van der Waals surface area contributed by atoms with Crippen molar-refractivity contribution in [3.8, 4) is 23.4 Å². The predicted octanol–water partition coefficient (Wildman–Crippen LogP) is 4.40. The number of nitrogens with one attached hydrogen (secondary N) is 1. The summed E-state index contributed by atoms with van der Waals surface area (Å²) in [7, 11) is 1.73. The van der Waals surface area contributed by atoms with Crippen molar-refractivity contribution in [2.75, 3.05) is 18.5 Å². The number of ether oxygens (including phenoxy) is 1. The van der Waals surface area contributed by atoms with Crippen LogP contribution in [0.2, 0.25) is 0 Å². The van der Waals surface area contributed by atoms with Gasteiger partial charge >= 0.3 is 0 Å². The van der Waals surface area contributed by atoms with Crippen molar-refractivity contribution < 1.29 is 18.3 Å². The fourth-order valence-corrected chi connectivity index (χ4v) is 3.96. The van der Waals surface area contributed by atoms with Gasteiger partial charge in [0.05, 0.1) is 11.9 Å². The molecule has 2 aromatic heterocycles. The first-order valence-electron chi connectivity index (χ1n) is 10.8. The van der Waals surface area contributed by atoms with Gasteiger partial charge in [0.25, 0.3) is 5.91 Å². The molecule has 1 saturated heterocycles. The summed E-state index contributed by atoms with van der Waals surface area (Å²) >= 11 is 1.08. The number of hydrogen-bond acceptors (Lipinski definition) is 6. The number of hydrogen-bond donors (Lipinski definition) is 2. The number of aromatic nitrogens is 3. The first kappa shape index (κ1) is 27.1. The van der Waals surface area contributed by atoms with E-state index >= 15 is 0 Å². The number of halogens is 2. The van der Waals surface area contributed by atoms with Crippen molar-refractivity contribution in [2.24, 2.45) is 12.8 Å². The Morgan fingerprint density at radius 2 is 2.06 bits per heavy atom. The minimum atomic E-state index is -0.942. The number of nitrogens with zero attached hydrogens (tertiary/aromatic N) is 3. The van der Waals surface area contributed by atoms with Crippen molar-refractivity contribution in [1.29, 1.82) is 0 Å². The summed E-state index contributed by atoms with van der Waals surface area (Å²) in [5, 5.41) is 8.35. The maximum Gasteiger partial charge on any atom is 0.275 e. The molecule has 1 aliphatic rings. The zero-order chi connectivity index (χ0) is 25.1. The number of rotatable bonds is 4. The normalized spacial score (nSPS) is 15.2. The highest BCUT2D eigenvalue weighted by Gasteiger charge is 2.18. The van der Waals surface area contributed by atoms with E-state index in [-0.39, 0.29) is 16.3 Å². The fourth-order valence-electron chi connectivity index (χ4n) is 3.14. The lowest BCUT2D eigenvalue weighted by molar-refractivity contribution is 0.102. The monoisotopic (exact) mass is 489 g/mol. The van der Waals surface area contributed by atoms with E-state index in [1.165, 1.54) is 23.7 Å². The van der Waals surface area contributed by atoms with Gasteiger partial charge < -0.3 is 15.8 Å². The van der Waals surface area contributed by atoms with Gasteiger partial charge in [-0.2, -0.15) is 5.10 Å². The number of anilines is 1. The van der Waals surface area contributed by atoms with Crippen LogP contribution in [0.5, 0.6) is 0 Å². The van der Waals surface area contributed by atoms with Crippen molar-refractivity contribution in [3.63, 3.8) is 0 Å². The summed E-state index contributed by atoms with van der Waals surface area (Å²) < 4.78 is 34.8. The zero-order valence-corrected chi connectivity index (χ0v) is 20.1. The summed E-state index contributed by atoms with van der Waals surface area (Å²) in [4.78, 5) is 16.3. The van der Waals surface area contributed by atoms with E-state index in [4.69, 9.17) is 10.5 Å². The molecule has 1 amide bonds. The van der Waals surface area contributed by atoms with E-state index in [0.717, 1.165) is 43.8 Å². The first-order valence-corrected chi connectivity index (χ1v) is 11.7. The van der Waals surface area contributed by atoms with E-state index in [0.29, 0.717) is 23.7 Å². The standard InChI is InChI=1S/C16H14F2N4OS.C6H13NO.C2H2/c1-3-9-4-5-11(14(18)13(9)17)16-21-12(8-24-16)15(23)20-10-6-19-22(2)7-10;7-6-2-1-4-8-5-3-6;1-2/h4-8H,3H2,1-2H3,(H,20,23);6H,1-5,7H2;1-2H/t;6-;/m.1./s1. The van der Waals surface area contributed by atoms with Crippen LogP contribution in [0.3, 0.4) is 0 Å². The summed E-state index contributed by atoms with van der Waals surface area (Å²) in [5.74, 6) is -2.24. The van der Waals surface area contributed by atoms with Crippen molar-refractivity contribution in [2.45, 2.75) is 38.6 Å². The van der Waals surface area contributed by atoms with Gasteiger partial charge in [0.15, 0.2) is 11.6 Å². The average Bonchev–Trinajstić information content (AvgIpc) is 3.42. The summed E-state index contributed by atoms with van der Waals surface area (Å²) in [6, 6.07) is 3.42. The quantitative estimate of drug-likeness (QED) is 0.530. The molecule has 1 aromatic carbocycles. The molecule has 7 nitrogen and oxygen atoms in total. The van der Waals surface area contributed by atoms with Crippen LogP contribution in [0.25, 0.3) is 10.6 Å². The molecule has 0 saturated carbocycles. The van der Waals surface area contributed by atoms with Gasteiger partial charge in [-0.15, -0.1) is 24.2 Å². The number of amides is 1. The Kier molecular flexibility index (Phi) is 10.8. The van der Waals surface area contributed by atoms with E-state index in [2.05, 4.69) is 28.2 Å². The van der Waals surface area contributed by atoms with E-state index in [1.54, 1.807) is 24.9 Å². The molecule has 0 spiro atoms. The van der Waals surface area contributed by atoms with Gasteiger partial charge in [-0.05, 0) is 37.3 Å². The second kappa shape index (κ2) is 13.5. The minimum absolute atomic E-state index is 0.0510. The van der Waals surface area contributed by atoms with E-state index in [1.807, 2.05) is 0 Å². The van der Waals surface area contributed by atoms with Gasteiger partial charge in [0.1, 0.15) is 10.7 Å². The first-order chi connectivity index (χ1) is 16.4. The van der Waals surface area contributed by atoms with E-state index < -0.39 is 17.5 Å². The lowest BCUT2D eigenvalue weighted by Crippen LogP contribution is -2.19. The average molecular weight is 490 g/mol. The van der Waals surface area contributed by atoms with Crippen LogP contribution in [0.1, 0.15) is 42.2 Å². The van der Waals surface area contributed by atoms with Gasteiger partial charge in [-0.25, -0.2) is 13.8 Å². The number of carbonyl (C=O) groups is 1. The second-order valence-electron chi connectivity index (χ2n) is 7.45. The summed E-state index contributed by atoms with van der Waals surface area (Å²) in [6.07, 6.45) is 14.9. The van der Waals surface area contributed by atoms with Gasteiger partial charge in [-0.1, -0.05) is 13.0 Å². The molecule has 1 atom stereocenters. The Morgan fingerprint density at radius 3 is 2.74 bits per heavy atom. The third-order valence-electron chi connectivity index (χ3n) is 4.97. The fraction of sp³-hybridized carbons (Fsp3) is 0.375. The van der Waals surface area contributed by atoms with Crippen LogP contribution in [0, 0.1) is 24.5 Å². The van der Waals surface area contributed by atoms with Gasteiger partial charge in [0, 0.05) is 43.4 Å². The molecule has 0 radical (unpaired) electrons. The topological polar surface area (TPSA) is 95.1 Å². The van der Waals surface area contributed by atoms with Crippen molar-refractivity contribution in [3.05, 3.63) is 52.8 Å². The molecule has 4 rings (SSSR count). The lowest BCUT2D eigenvalue weighted by atomic mass is 10.1. The van der Waals surface area contributed by atoms with Crippen LogP contribution in [0.4, 0.5) is 14.5 Å². The number of thiazole rings is 1. The zero-order valence-electron chi connectivity index (χ0n) is 19.3. The molecule has 182 valence electrons. The highest BCUT2D eigenvalue weighted by atomic mass is 32.1.